The van der Waals surface area contributed by atoms with Crippen molar-refractivity contribution in [1.29, 1.82) is 0 Å². The molecule has 0 heterocycles. The molecule has 128 valence electrons. The van der Waals surface area contributed by atoms with Gasteiger partial charge in [0.05, 0.1) is 5.56 Å². The Morgan fingerprint density at radius 3 is 2.48 bits per heavy atom. The summed E-state index contributed by atoms with van der Waals surface area (Å²) in [6, 6.07) is 2.72. The maximum Gasteiger partial charge on any atom is 0.338 e. The fourth-order valence-electron chi connectivity index (χ4n) is 2.87. The molecular formula is C15H19F2NO4S. The van der Waals surface area contributed by atoms with Gasteiger partial charge in [0.1, 0.15) is 11.1 Å². The third-order valence-corrected chi connectivity index (χ3v) is 5.81. The average molecular weight is 347 g/mol. The van der Waals surface area contributed by atoms with Gasteiger partial charge in [-0.3, -0.25) is 0 Å². The molecule has 5 nitrogen and oxygen atoms in total. The van der Waals surface area contributed by atoms with Gasteiger partial charge in [0, 0.05) is 6.04 Å². The Bertz CT molecular complexity index is 685. The lowest BCUT2D eigenvalue weighted by Gasteiger charge is -2.29. The molecule has 1 aromatic rings. The number of sulfonamides is 1. The maximum absolute atomic E-state index is 14.1. The summed E-state index contributed by atoms with van der Waals surface area (Å²) in [5, 5.41) is 8.88. The molecule has 0 spiro atoms. The Kier molecular flexibility index (Phi) is 5.36. The first-order chi connectivity index (χ1) is 10.7. The zero-order chi connectivity index (χ0) is 17.2. The minimum atomic E-state index is -4.19. The minimum Gasteiger partial charge on any atom is -0.478 e. The van der Waals surface area contributed by atoms with Crippen molar-refractivity contribution in [1.82, 2.24) is 4.72 Å². The molecule has 0 amide bonds. The molecule has 1 atom stereocenters. The Labute approximate surface area is 133 Å². The first-order valence-corrected chi connectivity index (χ1v) is 8.89. The van der Waals surface area contributed by atoms with Crippen LogP contribution in [0.15, 0.2) is 23.1 Å². The highest BCUT2D eigenvalue weighted by Gasteiger charge is 2.30. The topological polar surface area (TPSA) is 83.5 Å². The van der Waals surface area contributed by atoms with Crippen LogP contribution in [-0.4, -0.2) is 31.7 Å². The van der Waals surface area contributed by atoms with Gasteiger partial charge in [0.25, 0.3) is 0 Å². The predicted octanol–water partition coefficient (Wildman–Crippen LogP) is 2.72. The number of benzene rings is 1. The monoisotopic (exact) mass is 347 g/mol. The second kappa shape index (κ2) is 6.92. The molecule has 23 heavy (non-hydrogen) atoms. The number of carbonyl (C=O) groups is 1. The number of hydrogen-bond donors (Lipinski definition) is 2. The molecule has 0 bridgehead atoms. The standard InChI is InChI=1S/C15H19F2NO4S/c1-9(10-5-7-11(16)8-6-10)18-23(21,22)13-4-2-3-12(14(13)17)15(19)20/h2-4,9-11,18H,5-8H2,1H3,(H,19,20). The number of carboxylic acids is 1. The number of aromatic carboxylic acids is 1. The summed E-state index contributed by atoms with van der Waals surface area (Å²) in [5.41, 5.74) is -0.696. The summed E-state index contributed by atoms with van der Waals surface area (Å²) in [4.78, 5) is 10.2. The Morgan fingerprint density at radius 2 is 1.91 bits per heavy atom. The summed E-state index contributed by atoms with van der Waals surface area (Å²) < 4.78 is 54.3. The van der Waals surface area contributed by atoms with Crippen LogP contribution in [0.5, 0.6) is 0 Å². The molecule has 1 aliphatic rings. The van der Waals surface area contributed by atoms with Gasteiger partial charge in [-0.05, 0) is 50.7 Å². The van der Waals surface area contributed by atoms with E-state index < -0.39 is 44.5 Å². The van der Waals surface area contributed by atoms with Crippen LogP contribution >= 0.6 is 0 Å². The van der Waals surface area contributed by atoms with Gasteiger partial charge in [-0.25, -0.2) is 26.7 Å². The number of nitrogens with one attached hydrogen (secondary N) is 1. The summed E-state index contributed by atoms with van der Waals surface area (Å²) in [7, 11) is -4.19. The quantitative estimate of drug-likeness (QED) is 0.858. The van der Waals surface area contributed by atoms with Crippen molar-refractivity contribution in [2.75, 3.05) is 0 Å². The second-order valence-electron chi connectivity index (χ2n) is 5.84. The van der Waals surface area contributed by atoms with Crippen molar-refractivity contribution in [3.05, 3.63) is 29.6 Å². The number of halogens is 2. The fraction of sp³-hybridized carbons (Fsp3) is 0.533. The molecule has 1 aromatic carbocycles. The van der Waals surface area contributed by atoms with Gasteiger partial charge in [-0.1, -0.05) is 6.07 Å². The molecule has 0 saturated heterocycles. The van der Waals surface area contributed by atoms with Crippen molar-refractivity contribution in [2.24, 2.45) is 5.92 Å². The maximum atomic E-state index is 14.1. The highest BCUT2D eigenvalue weighted by molar-refractivity contribution is 7.89. The lowest BCUT2D eigenvalue weighted by molar-refractivity contribution is 0.0691. The molecule has 1 aliphatic carbocycles. The third kappa shape index (κ3) is 4.06. The average Bonchev–Trinajstić information content (AvgIpc) is 2.47. The first kappa shape index (κ1) is 17.8. The SMILES string of the molecule is CC(NS(=O)(=O)c1cccc(C(=O)O)c1F)C1CCC(F)CC1. The van der Waals surface area contributed by atoms with E-state index in [2.05, 4.69) is 4.72 Å². The molecule has 1 saturated carbocycles. The molecule has 0 radical (unpaired) electrons. The summed E-state index contributed by atoms with van der Waals surface area (Å²) in [6.07, 6.45) is 1.05. The van der Waals surface area contributed by atoms with Gasteiger partial charge in [0.15, 0.2) is 5.82 Å². The smallest absolute Gasteiger partial charge is 0.338 e. The van der Waals surface area contributed by atoms with Crippen molar-refractivity contribution < 1.29 is 27.1 Å². The Morgan fingerprint density at radius 1 is 1.30 bits per heavy atom. The zero-order valence-electron chi connectivity index (χ0n) is 12.6. The van der Waals surface area contributed by atoms with E-state index in [0.717, 1.165) is 12.1 Å². The van der Waals surface area contributed by atoms with Gasteiger partial charge in [-0.2, -0.15) is 0 Å². The van der Waals surface area contributed by atoms with Crippen LogP contribution in [0.4, 0.5) is 8.78 Å². The van der Waals surface area contributed by atoms with Crippen LogP contribution in [0.1, 0.15) is 43.0 Å². The van der Waals surface area contributed by atoms with E-state index in [9.17, 15) is 22.0 Å². The normalized spacial score (nSPS) is 23.4. The second-order valence-corrected chi connectivity index (χ2v) is 7.53. The molecule has 1 unspecified atom stereocenters. The minimum absolute atomic E-state index is 0.0255. The molecule has 2 N–H and O–H groups in total. The lowest BCUT2D eigenvalue weighted by atomic mass is 9.84. The summed E-state index contributed by atoms with van der Waals surface area (Å²) in [5.74, 6) is -2.84. The molecule has 0 aliphatic heterocycles. The van der Waals surface area contributed by atoms with Gasteiger partial charge < -0.3 is 5.11 Å². The molecule has 2 rings (SSSR count). The van der Waals surface area contributed by atoms with E-state index in [1.807, 2.05) is 0 Å². The lowest BCUT2D eigenvalue weighted by Crippen LogP contribution is -2.40. The first-order valence-electron chi connectivity index (χ1n) is 7.40. The molecule has 1 fully saturated rings. The van der Waals surface area contributed by atoms with Gasteiger partial charge in [0.2, 0.25) is 10.0 Å². The van der Waals surface area contributed by atoms with Crippen LogP contribution in [-0.2, 0) is 10.0 Å². The van der Waals surface area contributed by atoms with Gasteiger partial charge in [-0.15, -0.1) is 0 Å². The molecule has 0 aromatic heterocycles. The number of alkyl halides is 1. The number of carboxylic acid groups (broad SMARTS) is 1. The highest BCUT2D eigenvalue weighted by atomic mass is 32.2. The van der Waals surface area contributed by atoms with Crippen molar-refractivity contribution >= 4 is 16.0 Å². The summed E-state index contributed by atoms with van der Waals surface area (Å²) in [6.45, 7) is 1.65. The predicted molar refractivity (Wildman–Crippen MR) is 80.0 cm³/mol. The molecular weight excluding hydrogens is 328 g/mol. The number of rotatable bonds is 5. The largest absolute Gasteiger partial charge is 0.478 e. The van der Waals surface area contributed by atoms with E-state index in [4.69, 9.17) is 5.11 Å². The molecule has 8 heteroatoms. The van der Waals surface area contributed by atoms with E-state index in [-0.39, 0.29) is 5.92 Å². The Hall–Kier alpha value is -1.54. The van der Waals surface area contributed by atoms with Crippen molar-refractivity contribution in [2.45, 2.75) is 49.7 Å². The van der Waals surface area contributed by atoms with E-state index >= 15 is 0 Å². The highest BCUT2D eigenvalue weighted by Crippen LogP contribution is 2.29. The van der Waals surface area contributed by atoms with Crippen LogP contribution in [0.3, 0.4) is 0 Å². The van der Waals surface area contributed by atoms with E-state index in [0.29, 0.717) is 25.7 Å². The Balaban J connectivity index is 2.19. The summed E-state index contributed by atoms with van der Waals surface area (Å²) >= 11 is 0. The van der Waals surface area contributed by atoms with Crippen molar-refractivity contribution in [3.8, 4) is 0 Å². The van der Waals surface area contributed by atoms with Crippen LogP contribution < -0.4 is 4.72 Å². The van der Waals surface area contributed by atoms with Crippen molar-refractivity contribution in [3.63, 3.8) is 0 Å². The van der Waals surface area contributed by atoms with Gasteiger partial charge >= 0.3 is 5.97 Å². The van der Waals surface area contributed by atoms with Crippen LogP contribution in [0.2, 0.25) is 0 Å². The fourth-order valence-corrected chi connectivity index (χ4v) is 4.28. The number of hydrogen-bond acceptors (Lipinski definition) is 3. The zero-order valence-corrected chi connectivity index (χ0v) is 13.4. The van der Waals surface area contributed by atoms with Crippen LogP contribution in [0.25, 0.3) is 0 Å². The van der Waals surface area contributed by atoms with Crippen LogP contribution in [0, 0.1) is 11.7 Å². The van der Waals surface area contributed by atoms with E-state index in [1.165, 1.54) is 6.07 Å². The van der Waals surface area contributed by atoms with E-state index in [1.54, 1.807) is 6.92 Å². The third-order valence-electron chi connectivity index (χ3n) is 4.23.